The summed E-state index contributed by atoms with van der Waals surface area (Å²) in [5.41, 5.74) is -1.01. The molecule has 1 saturated carbocycles. The van der Waals surface area contributed by atoms with Crippen molar-refractivity contribution in [2.24, 2.45) is 17.1 Å². The van der Waals surface area contributed by atoms with Gasteiger partial charge in [0.05, 0.1) is 41.3 Å². The van der Waals surface area contributed by atoms with E-state index in [9.17, 15) is 44.7 Å². The number of hydrogen-bond acceptors (Lipinski definition) is 16. The Morgan fingerprint density at radius 2 is 1.56 bits per heavy atom. The molecular formula is C41H54N2O14. The van der Waals surface area contributed by atoms with Crippen LogP contribution in [0.15, 0.2) is 71.8 Å². The van der Waals surface area contributed by atoms with Gasteiger partial charge in [-0.1, -0.05) is 48.5 Å². The number of esters is 3. The van der Waals surface area contributed by atoms with Crippen molar-refractivity contribution < 1.29 is 68.4 Å². The number of hydrogen-bond donors (Lipinski definition) is 7. The molecule has 57 heavy (non-hydrogen) atoms. The molecule has 16 nitrogen and oxygen atoms in total. The van der Waals surface area contributed by atoms with Gasteiger partial charge in [0.15, 0.2) is 17.5 Å². The molecule has 1 saturated heterocycles. The van der Waals surface area contributed by atoms with Crippen LogP contribution in [0, 0.1) is 11.3 Å². The second-order valence-corrected chi connectivity index (χ2v) is 16.4. The van der Waals surface area contributed by atoms with Crippen LogP contribution in [-0.4, -0.2) is 116 Å². The van der Waals surface area contributed by atoms with E-state index < -0.39 is 113 Å². The highest BCUT2D eigenvalue weighted by Gasteiger charge is 2.73. The average Bonchev–Trinajstić information content (AvgIpc) is 3.14. The Labute approximate surface area is 330 Å². The molecule has 2 aromatic rings. The number of nitrogens with two attached hydrogens (primary N) is 1. The SMILES string of the molecule is CC(=O)O[C@@]12CO[C@@H]1C[C@H](O)[C@@]1(C)C(=O)[C@H](O)/C(C(C)(N)O)=C(\C)[C@@H](OC(=O)[C@H](O)[C@@H](NC(O)OC(C)(C)C)c3ccccc3)C[C@@H](OC(=O)c3ccccc3)[C@H]21. The highest BCUT2D eigenvalue weighted by molar-refractivity contribution is 5.93. The van der Waals surface area contributed by atoms with Crippen molar-refractivity contribution in [3.05, 3.63) is 82.9 Å². The number of rotatable bonds is 11. The van der Waals surface area contributed by atoms with Crippen molar-refractivity contribution >= 4 is 23.7 Å². The summed E-state index contributed by atoms with van der Waals surface area (Å²) in [5.74, 6) is -5.43. The Morgan fingerprint density at radius 1 is 0.965 bits per heavy atom. The Kier molecular flexibility index (Phi) is 12.8. The third-order valence-electron chi connectivity index (χ3n) is 11.0. The van der Waals surface area contributed by atoms with Crippen LogP contribution >= 0.6 is 0 Å². The molecule has 2 unspecified atom stereocenters. The van der Waals surface area contributed by atoms with Crippen molar-refractivity contribution in [3.63, 3.8) is 0 Å². The first-order valence-electron chi connectivity index (χ1n) is 18.8. The minimum atomic E-state index is -2.44. The fourth-order valence-electron chi connectivity index (χ4n) is 8.48. The van der Waals surface area contributed by atoms with Gasteiger partial charge in [0.1, 0.15) is 30.1 Å². The summed E-state index contributed by atoms with van der Waals surface area (Å²) >= 11 is 0. The van der Waals surface area contributed by atoms with Crippen molar-refractivity contribution in [1.29, 1.82) is 0 Å². The molecular weight excluding hydrogens is 744 g/mol. The zero-order chi connectivity index (χ0) is 42.2. The number of benzene rings is 2. The van der Waals surface area contributed by atoms with Crippen LogP contribution in [0.25, 0.3) is 0 Å². The van der Waals surface area contributed by atoms with E-state index >= 15 is 0 Å². The van der Waals surface area contributed by atoms with E-state index in [0.717, 1.165) is 13.8 Å². The molecule has 2 fully saturated rings. The molecule has 0 aromatic heterocycles. The normalized spacial score (nSPS) is 33.0. The zero-order valence-electron chi connectivity index (χ0n) is 33.1. The van der Waals surface area contributed by atoms with Gasteiger partial charge in [0.2, 0.25) is 6.41 Å². The highest BCUT2D eigenvalue weighted by atomic mass is 16.6. The molecule has 2 aliphatic carbocycles. The quantitative estimate of drug-likeness (QED) is 0.0732. The first-order chi connectivity index (χ1) is 26.5. The molecule has 0 spiro atoms. The standard InChI is InChI=1S/C41H54N2O14/c1-21-25(54-36(50)32(47)30(23-14-10-8-11-15-23)43-37(51)57-38(3,4)5)18-26(55-35(49)24-16-12-9-13-17-24)33-39(6,34(48)31(46)29(21)40(7,42)52)27(45)19-28-41(33,20-53-28)56-22(2)44/h8-17,25-28,30-33,37,43,45-47,51-52H,18-20,42H2,1-7H3/b29-21-/t25-,26+,27-,28+,30-,31+,32+,33-,37?,39+,40?,41-/m0/s1. The van der Waals surface area contributed by atoms with Crippen molar-refractivity contribution in [2.75, 3.05) is 6.61 Å². The lowest BCUT2D eigenvalue weighted by Crippen LogP contribution is -2.77. The number of aliphatic hydroxyl groups is 5. The number of aliphatic hydroxyl groups excluding tert-OH is 4. The molecule has 5 rings (SSSR count). The number of Topliss-reactive ketones (excluding diaryl/α,β-unsaturated/α-hetero) is 1. The summed E-state index contributed by atoms with van der Waals surface area (Å²) in [6.07, 6.45) is -12.4. The molecule has 2 aromatic carbocycles. The van der Waals surface area contributed by atoms with Crippen molar-refractivity contribution in [1.82, 2.24) is 5.32 Å². The lowest BCUT2D eigenvalue weighted by Gasteiger charge is -2.63. The van der Waals surface area contributed by atoms with E-state index in [-0.39, 0.29) is 24.2 Å². The van der Waals surface area contributed by atoms with Gasteiger partial charge in [0, 0.05) is 25.3 Å². The topological polar surface area (TPSA) is 254 Å². The van der Waals surface area contributed by atoms with Gasteiger partial charge >= 0.3 is 17.9 Å². The molecule has 16 heteroatoms. The van der Waals surface area contributed by atoms with E-state index in [1.54, 1.807) is 69.3 Å². The molecule has 0 amide bonds. The minimum Gasteiger partial charge on any atom is -0.458 e. The van der Waals surface area contributed by atoms with Crippen LogP contribution in [0.5, 0.6) is 0 Å². The van der Waals surface area contributed by atoms with Gasteiger partial charge in [-0.05, 0) is 64.8 Å². The van der Waals surface area contributed by atoms with Crippen LogP contribution in [0.1, 0.15) is 83.3 Å². The van der Waals surface area contributed by atoms with E-state index in [2.05, 4.69) is 5.32 Å². The summed E-state index contributed by atoms with van der Waals surface area (Å²) in [4.78, 5) is 55.6. The summed E-state index contributed by atoms with van der Waals surface area (Å²) in [5, 5.41) is 60.2. The Balaban J connectivity index is 1.67. The highest BCUT2D eigenvalue weighted by Crippen LogP contribution is 2.58. The van der Waals surface area contributed by atoms with Crippen LogP contribution in [-0.2, 0) is 38.1 Å². The maximum atomic E-state index is 14.8. The average molecular weight is 799 g/mol. The van der Waals surface area contributed by atoms with Crippen LogP contribution in [0.2, 0.25) is 0 Å². The first-order valence-corrected chi connectivity index (χ1v) is 18.8. The van der Waals surface area contributed by atoms with Gasteiger partial charge in [-0.2, -0.15) is 0 Å². The molecule has 3 aliphatic rings. The Bertz CT molecular complexity index is 1830. The lowest BCUT2D eigenvalue weighted by molar-refractivity contribution is -0.330. The summed E-state index contributed by atoms with van der Waals surface area (Å²) in [7, 11) is 0. The molecule has 0 bridgehead atoms. The molecule has 8 N–H and O–H groups in total. The molecule has 1 heterocycles. The predicted octanol–water partition coefficient (Wildman–Crippen LogP) is 1.31. The summed E-state index contributed by atoms with van der Waals surface area (Å²) in [6.45, 7) is 9.71. The van der Waals surface area contributed by atoms with E-state index in [4.69, 9.17) is 29.4 Å². The van der Waals surface area contributed by atoms with Gasteiger partial charge in [-0.3, -0.25) is 14.9 Å². The second-order valence-electron chi connectivity index (χ2n) is 16.4. The van der Waals surface area contributed by atoms with Crippen LogP contribution in [0.4, 0.5) is 0 Å². The van der Waals surface area contributed by atoms with Gasteiger partial charge in [-0.25, -0.2) is 9.59 Å². The third-order valence-corrected chi connectivity index (χ3v) is 11.0. The first kappa shape index (κ1) is 44.0. The lowest BCUT2D eigenvalue weighted by atomic mass is 9.52. The van der Waals surface area contributed by atoms with E-state index in [1.807, 2.05) is 0 Å². The Hall–Kier alpha value is -4.10. The minimum absolute atomic E-state index is 0.0966. The molecule has 312 valence electrons. The number of ketones is 1. The number of fused-ring (bicyclic) bond motifs is 3. The van der Waals surface area contributed by atoms with Crippen LogP contribution < -0.4 is 11.1 Å². The molecule has 1 aliphatic heterocycles. The smallest absolute Gasteiger partial charge is 0.338 e. The maximum Gasteiger partial charge on any atom is 0.338 e. The van der Waals surface area contributed by atoms with Crippen molar-refractivity contribution in [3.8, 4) is 0 Å². The summed E-state index contributed by atoms with van der Waals surface area (Å²) < 4.78 is 29.5. The van der Waals surface area contributed by atoms with E-state index in [1.165, 1.54) is 26.0 Å². The molecule has 12 atom stereocenters. The number of ether oxygens (including phenoxy) is 5. The number of nitrogens with one attached hydrogen (secondary N) is 1. The monoisotopic (exact) mass is 798 g/mol. The zero-order valence-corrected chi connectivity index (χ0v) is 33.1. The van der Waals surface area contributed by atoms with Gasteiger partial charge in [-0.15, -0.1) is 0 Å². The summed E-state index contributed by atoms with van der Waals surface area (Å²) in [6, 6.07) is 14.7. The fourth-order valence-corrected chi connectivity index (χ4v) is 8.48. The second kappa shape index (κ2) is 16.6. The Morgan fingerprint density at radius 3 is 2.09 bits per heavy atom. The number of carbonyl (C=O) groups excluding carboxylic acids is 4. The van der Waals surface area contributed by atoms with Gasteiger partial charge in [0.25, 0.3) is 0 Å². The predicted molar refractivity (Wildman–Crippen MR) is 200 cm³/mol. The third kappa shape index (κ3) is 8.99. The van der Waals surface area contributed by atoms with Gasteiger partial charge < -0.3 is 55.0 Å². The van der Waals surface area contributed by atoms with Crippen LogP contribution in [0.3, 0.4) is 0 Å². The maximum absolute atomic E-state index is 14.8. The number of carbonyl (C=O) groups is 4. The van der Waals surface area contributed by atoms with E-state index in [0.29, 0.717) is 5.56 Å². The molecule has 0 radical (unpaired) electrons. The van der Waals surface area contributed by atoms with Crippen molar-refractivity contribution in [2.45, 2.75) is 127 Å². The largest absolute Gasteiger partial charge is 0.458 e. The fraction of sp³-hybridized carbons (Fsp3) is 0.561.